The molecule has 1 fully saturated rings. The Kier molecular flexibility index (Phi) is 6.64. The van der Waals surface area contributed by atoms with E-state index in [1.807, 2.05) is 0 Å². The van der Waals surface area contributed by atoms with Crippen LogP contribution in [0.25, 0.3) is 0 Å². The molecule has 2 atom stereocenters. The van der Waals surface area contributed by atoms with Crippen LogP contribution in [-0.2, 0) is 11.3 Å². The van der Waals surface area contributed by atoms with Gasteiger partial charge in [0, 0.05) is 32.8 Å². The minimum Gasteiger partial charge on any atom is -0.389 e. The second-order valence-electron chi connectivity index (χ2n) is 6.03. The molecule has 1 saturated heterocycles. The van der Waals surface area contributed by atoms with Crippen LogP contribution in [0, 0.1) is 0 Å². The molecule has 2 rings (SSSR count). The summed E-state index contributed by atoms with van der Waals surface area (Å²) in [5.41, 5.74) is 1.37. The van der Waals surface area contributed by atoms with Gasteiger partial charge in [0.25, 0.3) is 0 Å². The Hall–Kier alpha value is -0.940. The maximum Gasteiger partial charge on any atom is 0.0900 e. The van der Waals surface area contributed by atoms with E-state index in [9.17, 15) is 5.11 Å². The van der Waals surface area contributed by atoms with Gasteiger partial charge in [-0.05, 0) is 32.0 Å². The monoisotopic (exact) mass is 292 g/mol. The van der Waals surface area contributed by atoms with E-state index >= 15 is 0 Å². The molecular weight excluding hydrogens is 264 g/mol. The van der Waals surface area contributed by atoms with Crippen molar-refractivity contribution in [2.45, 2.75) is 32.0 Å². The van der Waals surface area contributed by atoms with Crippen LogP contribution in [0.5, 0.6) is 0 Å². The van der Waals surface area contributed by atoms with Crippen molar-refractivity contribution in [3.8, 4) is 0 Å². The summed E-state index contributed by atoms with van der Waals surface area (Å²) in [6.07, 6.45) is 0.759. The lowest BCUT2D eigenvalue weighted by atomic mass is 10.2. The molecule has 0 unspecified atom stereocenters. The molecule has 1 aliphatic rings. The molecule has 1 aliphatic heterocycles. The number of hydrogen-bond donors (Lipinski definition) is 1. The largest absolute Gasteiger partial charge is 0.389 e. The van der Waals surface area contributed by atoms with Gasteiger partial charge in [-0.25, -0.2) is 0 Å². The predicted molar refractivity (Wildman–Crippen MR) is 85.3 cm³/mol. The van der Waals surface area contributed by atoms with Crippen LogP contribution in [0.4, 0.5) is 0 Å². The summed E-state index contributed by atoms with van der Waals surface area (Å²) in [5, 5.41) is 9.93. The number of nitrogens with zero attached hydrogens (tertiary/aromatic N) is 2. The standard InChI is InChI=1S/C17H28N2O2/c1-15-11-18(12-16-7-4-3-5-8-16)9-6-10-19(15)13-17(20)14-21-2/h3-5,7-8,15,17,20H,6,9-14H2,1-2H3/t15-,17+/m1/s1. The predicted octanol–water partition coefficient (Wildman–Crippen LogP) is 1.59. The first-order valence-electron chi connectivity index (χ1n) is 7.86. The lowest BCUT2D eigenvalue weighted by Gasteiger charge is -2.30. The lowest BCUT2D eigenvalue weighted by Crippen LogP contribution is -2.43. The lowest BCUT2D eigenvalue weighted by molar-refractivity contribution is 0.0287. The van der Waals surface area contributed by atoms with E-state index in [4.69, 9.17) is 4.74 Å². The van der Waals surface area contributed by atoms with Crippen LogP contribution in [-0.4, -0.2) is 66.9 Å². The molecule has 0 saturated carbocycles. The summed E-state index contributed by atoms with van der Waals surface area (Å²) in [5.74, 6) is 0. The zero-order chi connectivity index (χ0) is 15.1. The molecule has 1 aromatic rings. The second-order valence-corrected chi connectivity index (χ2v) is 6.03. The third-order valence-electron chi connectivity index (χ3n) is 4.12. The van der Waals surface area contributed by atoms with Crippen molar-refractivity contribution in [3.05, 3.63) is 35.9 Å². The molecule has 4 nitrogen and oxygen atoms in total. The molecule has 1 heterocycles. The molecular formula is C17H28N2O2. The summed E-state index contributed by atoms with van der Waals surface area (Å²) in [6.45, 7) is 7.60. The minimum absolute atomic E-state index is 0.391. The molecule has 0 spiro atoms. The molecule has 1 aromatic carbocycles. The SMILES string of the molecule is COC[C@@H](O)CN1CCCN(Cc2ccccc2)C[C@H]1C. The first-order valence-corrected chi connectivity index (χ1v) is 7.86. The van der Waals surface area contributed by atoms with Crippen molar-refractivity contribution in [1.29, 1.82) is 0 Å². The van der Waals surface area contributed by atoms with Gasteiger partial charge in [-0.1, -0.05) is 30.3 Å². The van der Waals surface area contributed by atoms with Crippen molar-refractivity contribution < 1.29 is 9.84 Å². The van der Waals surface area contributed by atoms with E-state index in [0.717, 1.165) is 32.6 Å². The molecule has 118 valence electrons. The molecule has 0 radical (unpaired) electrons. The highest BCUT2D eigenvalue weighted by Crippen LogP contribution is 2.13. The van der Waals surface area contributed by atoms with E-state index in [2.05, 4.69) is 47.1 Å². The van der Waals surface area contributed by atoms with Crippen LogP contribution >= 0.6 is 0 Å². The van der Waals surface area contributed by atoms with E-state index in [0.29, 0.717) is 19.2 Å². The van der Waals surface area contributed by atoms with E-state index in [-0.39, 0.29) is 0 Å². The number of benzene rings is 1. The Labute approximate surface area is 128 Å². The number of aliphatic hydroxyl groups excluding tert-OH is 1. The fourth-order valence-corrected chi connectivity index (χ4v) is 3.07. The zero-order valence-electron chi connectivity index (χ0n) is 13.2. The van der Waals surface area contributed by atoms with Gasteiger partial charge in [-0.15, -0.1) is 0 Å². The molecule has 1 N–H and O–H groups in total. The summed E-state index contributed by atoms with van der Waals surface area (Å²) >= 11 is 0. The average molecular weight is 292 g/mol. The first kappa shape index (κ1) is 16.4. The highest BCUT2D eigenvalue weighted by molar-refractivity contribution is 5.14. The molecule has 21 heavy (non-hydrogen) atoms. The van der Waals surface area contributed by atoms with Crippen LogP contribution in [0.1, 0.15) is 18.9 Å². The number of ether oxygens (including phenoxy) is 1. The van der Waals surface area contributed by atoms with Gasteiger partial charge < -0.3 is 9.84 Å². The smallest absolute Gasteiger partial charge is 0.0900 e. The van der Waals surface area contributed by atoms with Crippen molar-refractivity contribution in [2.24, 2.45) is 0 Å². The minimum atomic E-state index is -0.391. The summed E-state index contributed by atoms with van der Waals surface area (Å²) in [4.78, 5) is 4.90. The molecule has 0 aliphatic carbocycles. The molecule has 0 amide bonds. The van der Waals surface area contributed by atoms with Gasteiger partial charge in [0.05, 0.1) is 12.7 Å². The Morgan fingerprint density at radius 3 is 2.76 bits per heavy atom. The average Bonchev–Trinajstić information content (AvgIpc) is 2.62. The van der Waals surface area contributed by atoms with Crippen LogP contribution in [0.2, 0.25) is 0 Å². The number of β-amino-alcohol motifs (C(OH)–C–C–N with tert-alkyl or cyclic N) is 1. The highest BCUT2D eigenvalue weighted by atomic mass is 16.5. The van der Waals surface area contributed by atoms with Gasteiger partial charge in [0.15, 0.2) is 0 Å². The van der Waals surface area contributed by atoms with Gasteiger partial charge in [0.1, 0.15) is 0 Å². The number of methoxy groups -OCH3 is 1. The normalized spacial score (nSPS) is 22.9. The van der Waals surface area contributed by atoms with Crippen LogP contribution in [0.3, 0.4) is 0 Å². The summed E-state index contributed by atoms with van der Waals surface area (Å²) in [7, 11) is 1.64. The van der Waals surface area contributed by atoms with Gasteiger partial charge in [0.2, 0.25) is 0 Å². The first-order chi connectivity index (χ1) is 10.2. The van der Waals surface area contributed by atoms with Gasteiger partial charge in [-0.3, -0.25) is 9.80 Å². The number of rotatable bonds is 6. The van der Waals surface area contributed by atoms with E-state index in [1.165, 1.54) is 5.56 Å². The quantitative estimate of drug-likeness (QED) is 0.864. The van der Waals surface area contributed by atoms with Crippen LogP contribution in [0.15, 0.2) is 30.3 Å². The number of aliphatic hydroxyl groups is 1. The molecule has 4 heteroatoms. The van der Waals surface area contributed by atoms with Crippen molar-refractivity contribution >= 4 is 0 Å². The summed E-state index contributed by atoms with van der Waals surface area (Å²) < 4.78 is 5.02. The van der Waals surface area contributed by atoms with E-state index in [1.54, 1.807) is 7.11 Å². The Morgan fingerprint density at radius 2 is 2.05 bits per heavy atom. The van der Waals surface area contributed by atoms with Gasteiger partial charge >= 0.3 is 0 Å². The maximum absolute atomic E-state index is 9.93. The zero-order valence-corrected chi connectivity index (χ0v) is 13.2. The number of hydrogen-bond acceptors (Lipinski definition) is 4. The topological polar surface area (TPSA) is 35.9 Å². The Balaban J connectivity index is 1.86. The summed E-state index contributed by atoms with van der Waals surface area (Å²) in [6, 6.07) is 11.1. The Morgan fingerprint density at radius 1 is 1.29 bits per heavy atom. The van der Waals surface area contributed by atoms with Crippen molar-refractivity contribution in [1.82, 2.24) is 9.80 Å². The molecule has 0 bridgehead atoms. The van der Waals surface area contributed by atoms with Crippen LogP contribution < -0.4 is 0 Å². The Bertz CT molecular complexity index is 399. The third kappa shape index (κ3) is 5.40. The van der Waals surface area contributed by atoms with Gasteiger partial charge in [-0.2, -0.15) is 0 Å². The maximum atomic E-state index is 9.93. The highest BCUT2D eigenvalue weighted by Gasteiger charge is 2.23. The van der Waals surface area contributed by atoms with E-state index < -0.39 is 6.10 Å². The fourth-order valence-electron chi connectivity index (χ4n) is 3.07. The fraction of sp³-hybridized carbons (Fsp3) is 0.647. The third-order valence-corrected chi connectivity index (χ3v) is 4.12. The van der Waals surface area contributed by atoms with Crippen molar-refractivity contribution in [2.75, 3.05) is 39.9 Å². The molecule has 0 aromatic heterocycles. The van der Waals surface area contributed by atoms with Crippen molar-refractivity contribution in [3.63, 3.8) is 0 Å². The second kappa shape index (κ2) is 8.49.